The lowest BCUT2D eigenvalue weighted by atomic mass is 9.88. The number of hydrogen-bond donors (Lipinski definition) is 1. The summed E-state index contributed by atoms with van der Waals surface area (Å²) in [5.74, 6) is -1.35. The number of cyclic esters (lactones) is 1. The molecule has 0 radical (unpaired) electrons. The molecule has 3 rings (SSSR count). The van der Waals surface area contributed by atoms with Gasteiger partial charge in [0.2, 0.25) is 11.7 Å². The second kappa shape index (κ2) is 11.4. The molecule has 1 aliphatic heterocycles. The molecule has 1 aliphatic rings. The molecule has 196 valence electrons. The minimum Gasteiger partial charge on any atom is -0.457 e. The fraction of sp³-hybridized carbons (Fsp3) is 0.552. The highest BCUT2D eigenvalue weighted by atomic mass is 16.6. The lowest BCUT2D eigenvalue weighted by Crippen LogP contribution is -2.50. The van der Waals surface area contributed by atoms with Crippen molar-refractivity contribution in [2.45, 2.75) is 85.3 Å². The number of rotatable bonds is 11. The topological polar surface area (TPSA) is 97.1 Å². The first-order chi connectivity index (χ1) is 17.0. The number of ether oxygens (including phenoxy) is 1. The summed E-state index contributed by atoms with van der Waals surface area (Å²) in [6.45, 7) is 11.1. The number of aliphatic hydroxyl groups excluding tert-OH is 1. The smallest absolute Gasteiger partial charge is 0.417 e. The Bertz CT molecular complexity index is 1100. The van der Waals surface area contributed by atoms with Crippen molar-refractivity contribution in [3.63, 3.8) is 0 Å². The molecule has 1 aromatic heterocycles. The third-order valence-electron chi connectivity index (χ3n) is 6.86. The lowest BCUT2D eigenvalue weighted by molar-refractivity contribution is -0.132. The van der Waals surface area contributed by atoms with Crippen LogP contribution in [0.4, 0.5) is 4.79 Å². The molecule has 0 spiro atoms. The van der Waals surface area contributed by atoms with Crippen molar-refractivity contribution in [2.24, 2.45) is 11.8 Å². The van der Waals surface area contributed by atoms with Gasteiger partial charge in [-0.15, -0.1) is 0 Å². The number of imide groups is 1. The van der Waals surface area contributed by atoms with Gasteiger partial charge in [-0.2, -0.15) is 0 Å². The van der Waals surface area contributed by atoms with Crippen molar-refractivity contribution < 1.29 is 28.6 Å². The molecule has 1 aromatic carbocycles. The molecule has 36 heavy (non-hydrogen) atoms. The number of unbranched alkanes of at least 4 members (excludes halogenated alkanes) is 3. The van der Waals surface area contributed by atoms with Gasteiger partial charge in [0.1, 0.15) is 17.3 Å². The fourth-order valence-corrected chi connectivity index (χ4v) is 5.16. The molecule has 2 atom stereocenters. The van der Waals surface area contributed by atoms with Crippen LogP contribution in [0.15, 0.2) is 34.7 Å². The van der Waals surface area contributed by atoms with E-state index in [1.807, 2.05) is 45.0 Å². The van der Waals surface area contributed by atoms with E-state index in [-0.39, 0.29) is 18.3 Å². The average molecular weight is 498 g/mol. The van der Waals surface area contributed by atoms with Crippen LogP contribution >= 0.6 is 0 Å². The van der Waals surface area contributed by atoms with Gasteiger partial charge in [-0.05, 0) is 58.1 Å². The summed E-state index contributed by atoms with van der Waals surface area (Å²) in [5, 5.41) is 9.02. The summed E-state index contributed by atoms with van der Waals surface area (Å²) in [4.78, 5) is 40.6. The Morgan fingerprint density at radius 3 is 2.42 bits per heavy atom. The Morgan fingerprint density at radius 2 is 1.78 bits per heavy atom. The highest BCUT2D eigenvalue weighted by molar-refractivity contribution is 6.12. The zero-order valence-electron chi connectivity index (χ0n) is 22.3. The second-order valence-electron chi connectivity index (χ2n) is 10.7. The maximum atomic E-state index is 13.4. The fourth-order valence-electron chi connectivity index (χ4n) is 5.16. The Kier molecular flexibility index (Phi) is 8.77. The zero-order chi connectivity index (χ0) is 26.6. The maximum Gasteiger partial charge on any atom is 0.417 e. The van der Waals surface area contributed by atoms with Crippen molar-refractivity contribution in [1.29, 1.82) is 0 Å². The molecular weight excluding hydrogens is 458 g/mol. The van der Waals surface area contributed by atoms with Crippen LogP contribution in [0.25, 0.3) is 11.1 Å². The molecular formula is C29H39NO6. The van der Waals surface area contributed by atoms with Gasteiger partial charge in [-0.25, -0.2) is 9.69 Å². The number of Topliss-reactive ketones (excluding diaryl/α,β-unsaturated/α-hetero) is 1. The van der Waals surface area contributed by atoms with Crippen molar-refractivity contribution in [3.8, 4) is 11.1 Å². The van der Waals surface area contributed by atoms with E-state index in [1.165, 1.54) is 6.92 Å². The minimum atomic E-state index is -1.10. The molecule has 7 heteroatoms. The number of carbonyl (C=O) groups is 3. The van der Waals surface area contributed by atoms with Gasteiger partial charge in [0.25, 0.3) is 0 Å². The van der Waals surface area contributed by atoms with Crippen LogP contribution in [0.2, 0.25) is 0 Å². The van der Waals surface area contributed by atoms with Crippen LogP contribution in [0.1, 0.15) is 82.2 Å². The van der Waals surface area contributed by atoms with Crippen molar-refractivity contribution >= 4 is 17.8 Å². The SMILES string of the molecule is Cc1cccc(-c2cc(C(=O)[C@@H](C)C(=O)N3C(=O)OC(C)(C)[C@H]3C(C)C)oc2CCCCCCO)c1. The number of ketones is 1. The molecule has 1 saturated heterocycles. The molecule has 0 aliphatic carbocycles. The number of aryl methyl sites for hydroxylation is 2. The monoisotopic (exact) mass is 497 g/mol. The summed E-state index contributed by atoms with van der Waals surface area (Å²) < 4.78 is 11.5. The van der Waals surface area contributed by atoms with Gasteiger partial charge < -0.3 is 14.3 Å². The third-order valence-corrected chi connectivity index (χ3v) is 6.86. The Labute approximate surface area is 213 Å². The van der Waals surface area contributed by atoms with Gasteiger partial charge in [-0.1, -0.05) is 56.5 Å². The summed E-state index contributed by atoms with van der Waals surface area (Å²) in [6, 6.07) is 9.23. The van der Waals surface area contributed by atoms with E-state index < -0.39 is 35.3 Å². The number of benzene rings is 1. The largest absolute Gasteiger partial charge is 0.457 e. The van der Waals surface area contributed by atoms with E-state index in [4.69, 9.17) is 14.3 Å². The summed E-state index contributed by atoms with van der Waals surface area (Å²) >= 11 is 0. The van der Waals surface area contributed by atoms with Gasteiger partial charge >= 0.3 is 6.09 Å². The molecule has 0 unspecified atom stereocenters. The number of furan rings is 1. The van der Waals surface area contributed by atoms with E-state index in [1.54, 1.807) is 19.9 Å². The minimum absolute atomic E-state index is 0.0355. The first-order valence-corrected chi connectivity index (χ1v) is 12.9. The Hall–Kier alpha value is -2.93. The second-order valence-corrected chi connectivity index (χ2v) is 10.7. The lowest BCUT2D eigenvalue weighted by Gasteiger charge is -2.31. The van der Waals surface area contributed by atoms with Crippen LogP contribution in [0.5, 0.6) is 0 Å². The van der Waals surface area contributed by atoms with Crippen LogP contribution in [0, 0.1) is 18.8 Å². The van der Waals surface area contributed by atoms with Gasteiger partial charge in [0.05, 0.1) is 6.04 Å². The van der Waals surface area contributed by atoms with Crippen molar-refractivity contribution in [2.75, 3.05) is 6.61 Å². The van der Waals surface area contributed by atoms with E-state index in [2.05, 4.69) is 0 Å². The van der Waals surface area contributed by atoms with Gasteiger partial charge in [0, 0.05) is 18.6 Å². The van der Waals surface area contributed by atoms with Crippen LogP contribution < -0.4 is 0 Å². The Morgan fingerprint density at radius 1 is 1.08 bits per heavy atom. The van der Waals surface area contributed by atoms with E-state index in [9.17, 15) is 14.4 Å². The number of hydrogen-bond acceptors (Lipinski definition) is 6. The molecule has 0 bridgehead atoms. The molecule has 2 heterocycles. The number of nitrogens with zero attached hydrogens (tertiary/aromatic N) is 1. The normalized spacial score (nSPS) is 17.9. The molecule has 0 saturated carbocycles. The molecule has 2 amide bonds. The zero-order valence-corrected chi connectivity index (χ0v) is 22.3. The average Bonchev–Trinajstić information content (AvgIpc) is 3.34. The van der Waals surface area contributed by atoms with Crippen LogP contribution in [-0.2, 0) is 16.0 Å². The Balaban J connectivity index is 1.87. The van der Waals surface area contributed by atoms with Gasteiger partial charge in [-0.3, -0.25) is 9.59 Å². The quantitative estimate of drug-likeness (QED) is 0.234. The van der Waals surface area contributed by atoms with E-state index in [0.29, 0.717) is 12.2 Å². The molecule has 2 aromatic rings. The molecule has 1 fully saturated rings. The summed E-state index contributed by atoms with van der Waals surface area (Å²) in [7, 11) is 0. The first kappa shape index (κ1) is 27.7. The van der Waals surface area contributed by atoms with Crippen LogP contribution in [-0.4, -0.2) is 46.0 Å². The predicted octanol–water partition coefficient (Wildman–Crippen LogP) is 5.95. The number of carbonyl (C=O) groups excluding carboxylic acids is 3. The maximum absolute atomic E-state index is 13.4. The highest BCUT2D eigenvalue weighted by Gasteiger charge is 2.53. The third kappa shape index (κ3) is 5.89. The number of aliphatic hydroxyl groups is 1. The van der Waals surface area contributed by atoms with E-state index >= 15 is 0 Å². The standard InChI is InChI=1S/C29H39NO6/c1-18(2)26-29(5,6)36-28(34)30(26)27(33)20(4)25(32)24-17-22(21-13-11-12-19(3)16-21)23(35-24)14-9-7-8-10-15-31/h11-13,16-18,20,26,31H,7-10,14-15H2,1-6H3/t20-,26-/m1/s1. The molecule has 7 nitrogen and oxygen atoms in total. The van der Waals surface area contributed by atoms with Crippen LogP contribution in [0.3, 0.4) is 0 Å². The summed E-state index contributed by atoms with van der Waals surface area (Å²) in [6.07, 6.45) is 3.42. The van der Waals surface area contributed by atoms with Crippen molar-refractivity contribution in [3.05, 3.63) is 47.4 Å². The number of amides is 2. The van der Waals surface area contributed by atoms with Gasteiger partial charge in [0.15, 0.2) is 5.76 Å². The first-order valence-electron chi connectivity index (χ1n) is 12.9. The predicted molar refractivity (Wildman–Crippen MR) is 138 cm³/mol. The van der Waals surface area contributed by atoms with Crippen molar-refractivity contribution in [1.82, 2.24) is 4.90 Å². The van der Waals surface area contributed by atoms with E-state index in [0.717, 1.165) is 47.3 Å². The molecule has 1 N–H and O–H groups in total. The highest BCUT2D eigenvalue weighted by Crippen LogP contribution is 2.36. The summed E-state index contributed by atoms with van der Waals surface area (Å²) in [5.41, 5.74) is 2.04.